The SMILES string of the molecule is CNC(CS(=O)CCOC)C1CCOC1. The second-order valence-electron chi connectivity index (χ2n) is 3.82. The highest BCUT2D eigenvalue weighted by Gasteiger charge is 2.25. The molecule has 4 nitrogen and oxygen atoms in total. The molecule has 0 aromatic carbocycles. The third kappa shape index (κ3) is 4.59. The van der Waals surface area contributed by atoms with Gasteiger partial charge in [0.15, 0.2) is 0 Å². The molecule has 3 atom stereocenters. The van der Waals surface area contributed by atoms with Crippen molar-refractivity contribution in [2.24, 2.45) is 5.92 Å². The van der Waals surface area contributed by atoms with Crippen LogP contribution in [0.4, 0.5) is 0 Å². The average molecular weight is 235 g/mol. The molecule has 0 aliphatic carbocycles. The van der Waals surface area contributed by atoms with Crippen LogP contribution >= 0.6 is 0 Å². The largest absolute Gasteiger partial charge is 0.384 e. The lowest BCUT2D eigenvalue weighted by atomic mass is 10.0. The van der Waals surface area contributed by atoms with E-state index in [1.54, 1.807) is 7.11 Å². The summed E-state index contributed by atoms with van der Waals surface area (Å²) in [6, 6.07) is 0.310. The van der Waals surface area contributed by atoms with Crippen LogP contribution in [0.15, 0.2) is 0 Å². The number of hydrogen-bond acceptors (Lipinski definition) is 4. The first-order valence-corrected chi connectivity index (χ1v) is 6.85. The zero-order valence-corrected chi connectivity index (χ0v) is 10.3. The van der Waals surface area contributed by atoms with Crippen molar-refractivity contribution in [2.45, 2.75) is 12.5 Å². The number of methoxy groups -OCH3 is 1. The van der Waals surface area contributed by atoms with Crippen molar-refractivity contribution in [3.8, 4) is 0 Å². The Morgan fingerprint density at radius 3 is 3.00 bits per heavy atom. The molecule has 1 fully saturated rings. The minimum absolute atomic E-state index is 0.310. The van der Waals surface area contributed by atoms with E-state index in [2.05, 4.69) is 5.32 Å². The molecule has 3 unspecified atom stereocenters. The molecule has 5 heteroatoms. The third-order valence-electron chi connectivity index (χ3n) is 2.79. The maximum Gasteiger partial charge on any atom is 0.0577 e. The van der Waals surface area contributed by atoms with Crippen LogP contribution in [-0.4, -0.2) is 55.7 Å². The molecule has 0 bridgehead atoms. The van der Waals surface area contributed by atoms with Gasteiger partial charge in [0.05, 0.1) is 13.2 Å². The van der Waals surface area contributed by atoms with Gasteiger partial charge in [0.1, 0.15) is 0 Å². The molecule has 1 rings (SSSR count). The standard InChI is InChI=1S/C10H21NO3S/c1-11-10(9-3-4-14-7-9)8-15(12)6-5-13-2/h9-11H,3-8H2,1-2H3. The van der Waals surface area contributed by atoms with Gasteiger partial charge in [-0.3, -0.25) is 4.21 Å². The van der Waals surface area contributed by atoms with Gasteiger partial charge in [-0.1, -0.05) is 0 Å². The Morgan fingerprint density at radius 1 is 1.67 bits per heavy atom. The van der Waals surface area contributed by atoms with E-state index in [9.17, 15) is 4.21 Å². The molecule has 0 radical (unpaired) electrons. The van der Waals surface area contributed by atoms with Crippen molar-refractivity contribution in [2.75, 3.05) is 45.5 Å². The summed E-state index contributed by atoms with van der Waals surface area (Å²) >= 11 is 0. The van der Waals surface area contributed by atoms with E-state index in [1.165, 1.54) is 0 Å². The van der Waals surface area contributed by atoms with Gasteiger partial charge in [-0.05, 0) is 13.5 Å². The summed E-state index contributed by atoms with van der Waals surface area (Å²) in [6.07, 6.45) is 1.08. The first kappa shape index (κ1) is 13.1. The van der Waals surface area contributed by atoms with Gasteiger partial charge in [-0.2, -0.15) is 0 Å². The highest BCUT2D eigenvalue weighted by molar-refractivity contribution is 7.85. The molecule has 0 amide bonds. The van der Waals surface area contributed by atoms with E-state index in [1.807, 2.05) is 7.05 Å². The molecular weight excluding hydrogens is 214 g/mol. The van der Waals surface area contributed by atoms with Gasteiger partial charge in [-0.15, -0.1) is 0 Å². The molecule has 1 aliphatic rings. The van der Waals surface area contributed by atoms with E-state index in [0.29, 0.717) is 30.1 Å². The second kappa shape index (κ2) is 7.33. The zero-order valence-electron chi connectivity index (χ0n) is 9.53. The van der Waals surface area contributed by atoms with E-state index < -0.39 is 10.8 Å². The van der Waals surface area contributed by atoms with Crippen molar-refractivity contribution in [3.63, 3.8) is 0 Å². The molecule has 1 N–H and O–H groups in total. The molecule has 15 heavy (non-hydrogen) atoms. The lowest BCUT2D eigenvalue weighted by molar-refractivity contribution is 0.179. The van der Waals surface area contributed by atoms with Gasteiger partial charge < -0.3 is 14.8 Å². The quantitative estimate of drug-likeness (QED) is 0.675. The van der Waals surface area contributed by atoms with Crippen molar-refractivity contribution in [1.29, 1.82) is 0 Å². The van der Waals surface area contributed by atoms with Gasteiger partial charge >= 0.3 is 0 Å². The summed E-state index contributed by atoms with van der Waals surface area (Å²) < 4.78 is 21.9. The summed E-state index contributed by atoms with van der Waals surface area (Å²) in [4.78, 5) is 0. The predicted molar refractivity (Wildman–Crippen MR) is 61.5 cm³/mol. The molecular formula is C10H21NO3S. The molecule has 0 spiro atoms. The van der Waals surface area contributed by atoms with Gasteiger partial charge in [0, 0.05) is 48.0 Å². The predicted octanol–water partition coefficient (Wildman–Crippen LogP) is 0.00600. The third-order valence-corrected chi connectivity index (χ3v) is 4.14. The first-order valence-electron chi connectivity index (χ1n) is 5.37. The fourth-order valence-electron chi connectivity index (χ4n) is 1.79. The van der Waals surface area contributed by atoms with Crippen molar-refractivity contribution >= 4 is 10.8 Å². The lowest BCUT2D eigenvalue weighted by Gasteiger charge is -2.21. The molecule has 90 valence electrons. The van der Waals surface area contributed by atoms with E-state index >= 15 is 0 Å². The fourth-order valence-corrected chi connectivity index (χ4v) is 3.14. The zero-order chi connectivity index (χ0) is 11.1. The molecule has 0 saturated carbocycles. The van der Waals surface area contributed by atoms with Crippen molar-refractivity contribution in [3.05, 3.63) is 0 Å². The van der Waals surface area contributed by atoms with Gasteiger partial charge in [0.2, 0.25) is 0 Å². The number of ether oxygens (including phenoxy) is 2. The highest BCUT2D eigenvalue weighted by atomic mass is 32.2. The first-order chi connectivity index (χ1) is 7.27. The average Bonchev–Trinajstić information content (AvgIpc) is 2.76. The Balaban J connectivity index is 2.28. The van der Waals surface area contributed by atoms with Crippen LogP contribution in [0.25, 0.3) is 0 Å². The summed E-state index contributed by atoms with van der Waals surface area (Å²) in [5.74, 6) is 1.84. The maximum atomic E-state index is 11.7. The van der Waals surface area contributed by atoms with Crippen LogP contribution in [0.5, 0.6) is 0 Å². The minimum atomic E-state index is -0.789. The van der Waals surface area contributed by atoms with Crippen LogP contribution in [-0.2, 0) is 20.3 Å². The maximum absolute atomic E-state index is 11.7. The molecule has 0 aromatic rings. The van der Waals surface area contributed by atoms with Crippen LogP contribution in [0, 0.1) is 5.92 Å². The van der Waals surface area contributed by atoms with E-state index in [-0.39, 0.29) is 0 Å². The highest BCUT2D eigenvalue weighted by Crippen LogP contribution is 2.17. The Hall–Kier alpha value is 0.0300. The smallest absolute Gasteiger partial charge is 0.0577 e. The molecule has 1 aliphatic heterocycles. The number of rotatable bonds is 7. The number of nitrogens with one attached hydrogen (secondary N) is 1. The second-order valence-corrected chi connectivity index (χ2v) is 5.44. The fraction of sp³-hybridized carbons (Fsp3) is 1.00. The van der Waals surface area contributed by atoms with Crippen LogP contribution in [0.1, 0.15) is 6.42 Å². The summed E-state index contributed by atoms with van der Waals surface area (Å²) in [6.45, 7) is 2.21. The summed E-state index contributed by atoms with van der Waals surface area (Å²) in [5, 5.41) is 3.24. The Morgan fingerprint density at radius 2 is 2.47 bits per heavy atom. The summed E-state index contributed by atoms with van der Waals surface area (Å²) in [7, 11) is 2.77. The Kier molecular flexibility index (Phi) is 6.40. The Bertz CT molecular complexity index is 195. The van der Waals surface area contributed by atoms with E-state index in [4.69, 9.17) is 9.47 Å². The molecule has 1 heterocycles. The normalized spacial score (nSPS) is 25.3. The van der Waals surface area contributed by atoms with E-state index in [0.717, 1.165) is 19.6 Å². The monoisotopic (exact) mass is 235 g/mol. The Labute approximate surface area is 94.2 Å². The van der Waals surface area contributed by atoms with Crippen molar-refractivity contribution in [1.82, 2.24) is 5.32 Å². The lowest BCUT2D eigenvalue weighted by Crippen LogP contribution is -2.39. The van der Waals surface area contributed by atoms with Crippen LogP contribution in [0.3, 0.4) is 0 Å². The van der Waals surface area contributed by atoms with Crippen LogP contribution in [0.2, 0.25) is 0 Å². The van der Waals surface area contributed by atoms with Gasteiger partial charge in [-0.25, -0.2) is 0 Å². The minimum Gasteiger partial charge on any atom is -0.384 e. The topological polar surface area (TPSA) is 47.6 Å². The molecule has 1 saturated heterocycles. The summed E-state index contributed by atoms with van der Waals surface area (Å²) in [5.41, 5.74) is 0. The molecule has 0 aromatic heterocycles. The van der Waals surface area contributed by atoms with Crippen molar-refractivity contribution < 1.29 is 13.7 Å². The van der Waals surface area contributed by atoms with Gasteiger partial charge in [0.25, 0.3) is 0 Å². The number of hydrogen-bond donors (Lipinski definition) is 1. The van der Waals surface area contributed by atoms with Crippen LogP contribution < -0.4 is 5.32 Å².